The number of carboxylic acids is 1. The molecule has 0 bridgehead atoms. The Labute approximate surface area is 108 Å². The Hall–Kier alpha value is -1.51. The molecule has 1 heterocycles. The van der Waals surface area contributed by atoms with Crippen LogP contribution < -0.4 is 5.73 Å². The van der Waals surface area contributed by atoms with Gasteiger partial charge in [-0.25, -0.2) is 0 Å². The van der Waals surface area contributed by atoms with Crippen molar-refractivity contribution in [3.05, 3.63) is 27.1 Å². The average molecular weight is 276 g/mol. The van der Waals surface area contributed by atoms with Gasteiger partial charge in [0.05, 0.1) is 10.5 Å². The maximum Gasteiger partial charge on any atom is 0.324 e. The van der Waals surface area contributed by atoms with E-state index in [4.69, 9.17) is 10.8 Å². The van der Waals surface area contributed by atoms with E-state index in [-0.39, 0.29) is 5.00 Å². The Bertz CT molecular complexity index is 422. The van der Waals surface area contributed by atoms with Crippen LogP contribution in [0.15, 0.2) is 12.1 Å². The van der Waals surface area contributed by atoms with Crippen LogP contribution in [0.2, 0.25) is 0 Å². The molecule has 0 amide bonds. The summed E-state index contributed by atoms with van der Waals surface area (Å²) >= 11 is 0.999. The summed E-state index contributed by atoms with van der Waals surface area (Å²) in [5, 5.41) is 27.7. The Morgan fingerprint density at radius 3 is 2.17 bits per heavy atom. The first-order valence-electron chi connectivity index (χ1n) is 5.01. The smallest absolute Gasteiger partial charge is 0.324 e. The molecule has 0 aliphatic carbocycles. The summed E-state index contributed by atoms with van der Waals surface area (Å²) in [6.45, 7) is 4.62. The van der Waals surface area contributed by atoms with Crippen molar-refractivity contribution in [2.45, 2.75) is 32.4 Å². The van der Waals surface area contributed by atoms with Crippen molar-refractivity contribution in [3.8, 4) is 0 Å². The van der Waals surface area contributed by atoms with Crippen molar-refractivity contribution in [3.63, 3.8) is 0 Å². The van der Waals surface area contributed by atoms with Gasteiger partial charge in [-0.15, -0.1) is 0 Å². The lowest BCUT2D eigenvalue weighted by Gasteiger charge is -2.13. The van der Waals surface area contributed by atoms with E-state index in [1.807, 2.05) is 0 Å². The highest BCUT2D eigenvalue weighted by molar-refractivity contribution is 7.15. The number of rotatable bonds is 3. The van der Waals surface area contributed by atoms with Gasteiger partial charge in [0.1, 0.15) is 6.04 Å². The van der Waals surface area contributed by atoms with Crippen LogP contribution in [-0.2, 0) is 10.4 Å². The second-order valence-corrected chi connectivity index (χ2v) is 5.14. The van der Waals surface area contributed by atoms with Gasteiger partial charge in [-0.2, -0.15) is 0 Å². The number of hydrogen-bond donors (Lipinski definition) is 3. The lowest BCUT2D eigenvalue weighted by molar-refractivity contribution is -0.380. The largest absolute Gasteiger partial charge is 0.480 e. The number of carboxylic acid groups (broad SMARTS) is 1. The van der Waals surface area contributed by atoms with Crippen molar-refractivity contribution in [2.24, 2.45) is 5.73 Å². The van der Waals surface area contributed by atoms with Gasteiger partial charge in [0.2, 0.25) is 0 Å². The third-order valence-corrected chi connectivity index (χ3v) is 3.11. The third-order valence-electron chi connectivity index (χ3n) is 1.76. The minimum Gasteiger partial charge on any atom is -0.480 e. The zero-order chi connectivity index (χ0) is 14.5. The molecule has 0 unspecified atom stereocenters. The van der Waals surface area contributed by atoms with Crippen molar-refractivity contribution in [1.82, 2.24) is 0 Å². The molecular formula is C10H16N2O5S. The normalized spacial score (nSPS) is 12.3. The molecule has 0 saturated heterocycles. The van der Waals surface area contributed by atoms with E-state index in [0.29, 0.717) is 4.88 Å². The van der Waals surface area contributed by atoms with Crippen LogP contribution in [-0.4, -0.2) is 27.1 Å². The minimum absolute atomic E-state index is 0.0622. The zero-order valence-electron chi connectivity index (χ0n) is 10.3. The van der Waals surface area contributed by atoms with E-state index in [9.17, 15) is 20.0 Å². The summed E-state index contributed by atoms with van der Waals surface area (Å²) in [4.78, 5) is 20.0. The van der Waals surface area contributed by atoms with Gasteiger partial charge in [0.15, 0.2) is 0 Å². The number of hydrogen-bond acceptors (Lipinski definition) is 6. The molecule has 102 valence electrons. The predicted molar refractivity (Wildman–Crippen MR) is 67.5 cm³/mol. The molecule has 0 aromatic carbocycles. The molecule has 7 nitrogen and oxygen atoms in total. The highest BCUT2D eigenvalue weighted by atomic mass is 32.1. The number of nitrogens with zero attached hydrogens (tertiary/aromatic N) is 1. The first-order chi connectivity index (χ1) is 8.05. The molecule has 1 rings (SSSR count). The molecule has 0 aliphatic heterocycles. The summed E-state index contributed by atoms with van der Waals surface area (Å²) in [5.41, 5.74) is 3.85. The summed E-state index contributed by atoms with van der Waals surface area (Å²) in [5.74, 6) is -0.963. The third kappa shape index (κ3) is 5.71. The van der Waals surface area contributed by atoms with E-state index in [2.05, 4.69) is 0 Å². The van der Waals surface area contributed by atoms with Crippen LogP contribution in [0.5, 0.6) is 0 Å². The monoisotopic (exact) mass is 276 g/mol. The lowest BCUT2D eigenvalue weighted by Crippen LogP contribution is -2.25. The predicted octanol–water partition coefficient (Wildman–Crippen LogP) is 1.30. The van der Waals surface area contributed by atoms with Gasteiger partial charge in [0, 0.05) is 10.9 Å². The number of aliphatic hydroxyl groups is 1. The van der Waals surface area contributed by atoms with Gasteiger partial charge in [-0.1, -0.05) is 11.3 Å². The van der Waals surface area contributed by atoms with Crippen LogP contribution >= 0.6 is 11.3 Å². The fourth-order valence-electron chi connectivity index (χ4n) is 0.755. The number of thiophene rings is 1. The maximum absolute atomic E-state index is 10.3. The molecule has 18 heavy (non-hydrogen) atoms. The van der Waals surface area contributed by atoms with Crippen molar-refractivity contribution < 1.29 is 19.9 Å². The summed E-state index contributed by atoms with van der Waals surface area (Å²) in [6.07, 6.45) is 0. The molecule has 1 atom stereocenters. The van der Waals surface area contributed by atoms with Gasteiger partial charge >= 0.3 is 11.0 Å². The number of nitro groups is 1. The number of aliphatic carboxylic acids is 1. The molecule has 1 aromatic rings. The minimum atomic E-state index is -0.987. The second-order valence-electron chi connectivity index (χ2n) is 4.08. The van der Waals surface area contributed by atoms with Crippen molar-refractivity contribution >= 4 is 22.3 Å². The van der Waals surface area contributed by atoms with E-state index in [0.717, 1.165) is 11.3 Å². The van der Waals surface area contributed by atoms with Crippen molar-refractivity contribution in [2.75, 3.05) is 0 Å². The van der Waals surface area contributed by atoms with Crippen LogP contribution in [0.4, 0.5) is 5.00 Å². The van der Waals surface area contributed by atoms with Gasteiger partial charge in [-0.3, -0.25) is 14.9 Å². The van der Waals surface area contributed by atoms with E-state index in [1.165, 1.54) is 13.0 Å². The molecule has 8 heteroatoms. The van der Waals surface area contributed by atoms with Crippen LogP contribution in [0.25, 0.3) is 0 Å². The molecule has 0 spiro atoms. The van der Waals surface area contributed by atoms with Gasteiger partial charge < -0.3 is 15.9 Å². The Morgan fingerprint density at radius 2 is 2.00 bits per heavy atom. The second kappa shape index (κ2) is 6.43. The SMILES string of the molecule is CC(C)(O)c1ccc([N+](=O)[O-])s1.C[C@H](N)C(=O)O. The highest BCUT2D eigenvalue weighted by Gasteiger charge is 2.21. The summed E-state index contributed by atoms with van der Waals surface area (Å²) < 4.78 is 0. The zero-order valence-corrected chi connectivity index (χ0v) is 11.1. The number of nitrogens with two attached hydrogens (primary N) is 1. The molecule has 0 saturated carbocycles. The van der Waals surface area contributed by atoms with E-state index >= 15 is 0 Å². The molecule has 0 fully saturated rings. The maximum atomic E-state index is 10.3. The average Bonchev–Trinajstić information content (AvgIpc) is 2.66. The Kier molecular flexibility index (Phi) is 5.89. The highest BCUT2D eigenvalue weighted by Crippen LogP contribution is 2.31. The summed E-state index contributed by atoms with van der Waals surface area (Å²) in [6, 6.07) is 2.24. The van der Waals surface area contributed by atoms with Gasteiger partial charge in [0.25, 0.3) is 0 Å². The fourth-order valence-corrected chi connectivity index (χ4v) is 1.58. The Morgan fingerprint density at radius 1 is 1.56 bits per heavy atom. The van der Waals surface area contributed by atoms with E-state index < -0.39 is 22.5 Å². The standard InChI is InChI=1S/C7H9NO3S.C3H7NO2/c1-7(2,9)5-3-4-6(12-5)8(10)11;1-2(4)3(5)6/h3-4,9H,1-2H3;2H,4H2,1H3,(H,5,6)/t;2-/m.0/s1. The molecular weight excluding hydrogens is 260 g/mol. The van der Waals surface area contributed by atoms with Gasteiger partial charge in [-0.05, 0) is 26.8 Å². The summed E-state index contributed by atoms with van der Waals surface area (Å²) in [7, 11) is 0. The van der Waals surface area contributed by atoms with Crippen LogP contribution in [0.1, 0.15) is 25.6 Å². The van der Waals surface area contributed by atoms with Crippen LogP contribution in [0, 0.1) is 10.1 Å². The number of carbonyl (C=O) groups is 1. The quantitative estimate of drug-likeness (QED) is 0.564. The molecule has 1 aromatic heterocycles. The topological polar surface area (TPSA) is 127 Å². The lowest BCUT2D eigenvalue weighted by atomic mass is 10.1. The first-order valence-corrected chi connectivity index (χ1v) is 5.82. The molecule has 0 aliphatic rings. The van der Waals surface area contributed by atoms with Crippen LogP contribution in [0.3, 0.4) is 0 Å². The molecule has 0 radical (unpaired) electrons. The first kappa shape index (κ1) is 16.5. The Balaban J connectivity index is 0.000000411. The fraction of sp³-hybridized carbons (Fsp3) is 0.500. The van der Waals surface area contributed by atoms with Crippen molar-refractivity contribution in [1.29, 1.82) is 0 Å². The van der Waals surface area contributed by atoms with E-state index in [1.54, 1.807) is 19.9 Å². The molecule has 4 N–H and O–H groups in total.